The molecule has 1 aromatic rings. The maximum atomic E-state index is 11.7. The third kappa shape index (κ3) is 5.81. The van der Waals surface area contributed by atoms with Crippen molar-refractivity contribution >= 4 is 11.9 Å². The molecule has 6 nitrogen and oxygen atoms in total. The van der Waals surface area contributed by atoms with Gasteiger partial charge in [-0.3, -0.25) is 4.79 Å². The molecular weight excluding hydrogens is 294 g/mol. The van der Waals surface area contributed by atoms with Crippen LogP contribution in [0.4, 0.5) is 4.79 Å². The number of hydrogen-bond donors (Lipinski definition) is 2. The number of ether oxygens (including phenoxy) is 1. The summed E-state index contributed by atoms with van der Waals surface area (Å²) in [4.78, 5) is 25.0. The van der Waals surface area contributed by atoms with E-state index in [0.29, 0.717) is 26.1 Å². The Morgan fingerprint density at radius 1 is 1.26 bits per heavy atom. The molecule has 0 saturated carbocycles. The van der Waals surface area contributed by atoms with E-state index in [9.17, 15) is 9.59 Å². The standard InChI is InChI=1S/C17H25N3O3/c1-2-23-15-8-6-14(7-9-15)13-19-17(22)18-10-4-12-20-11-3-5-16(20)21/h6-9H,2-5,10-13H2,1H3,(H2,18,19,22). The van der Waals surface area contributed by atoms with Crippen molar-refractivity contribution in [2.45, 2.75) is 32.7 Å². The molecule has 3 amide bonds. The van der Waals surface area contributed by atoms with E-state index in [0.717, 1.165) is 37.2 Å². The number of amides is 3. The van der Waals surface area contributed by atoms with Crippen molar-refractivity contribution in [2.24, 2.45) is 0 Å². The minimum Gasteiger partial charge on any atom is -0.494 e. The molecular formula is C17H25N3O3. The van der Waals surface area contributed by atoms with E-state index in [1.54, 1.807) is 0 Å². The van der Waals surface area contributed by atoms with E-state index in [1.165, 1.54) is 0 Å². The summed E-state index contributed by atoms with van der Waals surface area (Å²) in [7, 11) is 0. The van der Waals surface area contributed by atoms with Gasteiger partial charge in [0.15, 0.2) is 0 Å². The molecule has 1 fully saturated rings. The number of hydrogen-bond acceptors (Lipinski definition) is 3. The molecule has 0 unspecified atom stereocenters. The summed E-state index contributed by atoms with van der Waals surface area (Å²) in [6.45, 7) is 5.20. The second-order valence-electron chi connectivity index (χ2n) is 5.52. The van der Waals surface area contributed by atoms with Gasteiger partial charge < -0.3 is 20.3 Å². The molecule has 0 aliphatic carbocycles. The van der Waals surface area contributed by atoms with Gasteiger partial charge in [-0.1, -0.05) is 12.1 Å². The van der Waals surface area contributed by atoms with Crippen molar-refractivity contribution in [1.82, 2.24) is 15.5 Å². The first kappa shape index (κ1) is 17.1. The maximum absolute atomic E-state index is 11.7. The summed E-state index contributed by atoms with van der Waals surface area (Å²) in [5.74, 6) is 1.06. The Morgan fingerprint density at radius 3 is 2.70 bits per heavy atom. The summed E-state index contributed by atoms with van der Waals surface area (Å²) in [6, 6.07) is 7.47. The molecule has 1 saturated heterocycles. The Labute approximate surface area is 137 Å². The van der Waals surface area contributed by atoms with Crippen molar-refractivity contribution in [2.75, 3.05) is 26.2 Å². The summed E-state index contributed by atoms with van der Waals surface area (Å²) in [5, 5.41) is 5.63. The highest BCUT2D eigenvalue weighted by atomic mass is 16.5. The maximum Gasteiger partial charge on any atom is 0.315 e. The average molecular weight is 319 g/mol. The number of carbonyl (C=O) groups is 2. The van der Waals surface area contributed by atoms with Gasteiger partial charge in [-0.25, -0.2) is 4.79 Å². The zero-order valence-corrected chi connectivity index (χ0v) is 13.6. The first-order valence-electron chi connectivity index (χ1n) is 8.20. The molecule has 0 atom stereocenters. The SMILES string of the molecule is CCOc1ccc(CNC(=O)NCCCN2CCCC2=O)cc1. The first-order valence-corrected chi connectivity index (χ1v) is 8.20. The van der Waals surface area contributed by atoms with Crippen LogP contribution in [0.2, 0.25) is 0 Å². The lowest BCUT2D eigenvalue weighted by Crippen LogP contribution is -2.37. The van der Waals surface area contributed by atoms with Gasteiger partial charge >= 0.3 is 6.03 Å². The van der Waals surface area contributed by atoms with Crippen LogP contribution in [0, 0.1) is 0 Å². The topological polar surface area (TPSA) is 70.7 Å². The Balaban J connectivity index is 1.58. The number of carbonyl (C=O) groups excluding carboxylic acids is 2. The van der Waals surface area contributed by atoms with Crippen LogP contribution in [0.25, 0.3) is 0 Å². The van der Waals surface area contributed by atoms with E-state index in [4.69, 9.17) is 4.74 Å². The Kier molecular flexibility index (Phi) is 6.72. The second-order valence-corrected chi connectivity index (χ2v) is 5.52. The lowest BCUT2D eigenvalue weighted by Gasteiger charge is -2.15. The van der Waals surface area contributed by atoms with E-state index >= 15 is 0 Å². The fraction of sp³-hybridized carbons (Fsp3) is 0.529. The van der Waals surface area contributed by atoms with E-state index in [-0.39, 0.29) is 11.9 Å². The zero-order chi connectivity index (χ0) is 16.5. The molecule has 2 N–H and O–H groups in total. The lowest BCUT2D eigenvalue weighted by molar-refractivity contribution is -0.127. The minimum absolute atomic E-state index is 0.188. The highest BCUT2D eigenvalue weighted by Gasteiger charge is 2.18. The van der Waals surface area contributed by atoms with Gasteiger partial charge in [-0.05, 0) is 37.5 Å². The minimum atomic E-state index is -0.188. The Bertz CT molecular complexity index is 516. The molecule has 0 aromatic heterocycles. The van der Waals surface area contributed by atoms with Crippen molar-refractivity contribution in [3.63, 3.8) is 0 Å². The molecule has 1 heterocycles. The summed E-state index contributed by atoms with van der Waals surface area (Å²) >= 11 is 0. The predicted molar refractivity (Wildman–Crippen MR) is 88.3 cm³/mol. The van der Waals surface area contributed by atoms with Gasteiger partial charge in [-0.2, -0.15) is 0 Å². The molecule has 0 spiro atoms. The average Bonchev–Trinajstić information content (AvgIpc) is 2.96. The second kappa shape index (κ2) is 9.02. The third-order valence-corrected chi connectivity index (χ3v) is 3.75. The lowest BCUT2D eigenvalue weighted by atomic mass is 10.2. The molecule has 6 heteroatoms. The fourth-order valence-corrected chi connectivity index (χ4v) is 2.53. The summed E-state index contributed by atoms with van der Waals surface area (Å²) in [6.07, 6.45) is 2.40. The number of benzene rings is 1. The van der Waals surface area contributed by atoms with Crippen molar-refractivity contribution in [3.05, 3.63) is 29.8 Å². The Morgan fingerprint density at radius 2 is 2.04 bits per heavy atom. The molecule has 1 aliphatic rings. The largest absolute Gasteiger partial charge is 0.494 e. The van der Waals surface area contributed by atoms with Gasteiger partial charge in [0.2, 0.25) is 5.91 Å². The molecule has 1 aromatic carbocycles. The molecule has 0 bridgehead atoms. The number of likely N-dealkylation sites (tertiary alicyclic amines) is 1. The van der Waals surface area contributed by atoms with Crippen LogP contribution in [0.3, 0.4) is 0 Å². The molecule has 1 aliphatic heterocycles. The molecule has 0 radical (unpaired) electrons. The smallest absolute Gasteiger partial charge is 0.315 e. The predicted octanol–water partition coefficient (Wildman–Crippen LogP) is 1.90. The highest BCUT2D eigenvalue weighted by molar-refractivity contribution is 5.78. The fourth-order valence-electron chi connectivity index (χ4n) is 2.53. The first-order chi connectivity index (χ1) is 11.2. The monoisotopic (exact) mass is 319 g/mol. The summed E-state index contributed by atoms with van der Waals surface area (Å²) in [5.41, 5.74) is 1.02. The molecule has 2 rings (SSSR count). The van der Waals surface area contributed by atoms with E-state index in [1.807, 2.05) is 36.1 Å². The number of rotatable bonds is 8. The molecule has 23 heavy (non-hydrogen) atoms. The molecule has 126 valence electrons. The van der Waals surface area contributed by atoms with Gasteiger partial charge in [0.25, 0.3) is 0 Å². The number of nitrogens with one attached hydrogen (secondary N) is 2. The van der Waals surface area contributed by atoms with Crippen LogP contribution < -0.4 is 15.4 Å². The van der Waals surface area contributed by atoms with Gasteiger partial charge in [0, 0.05) is 32.6 Å². The van der Waals surface area contributed by atoms with Crippen LogP contribution >= 0.6 is 0 Å². The quantitative estimate of drug-likeness (QED) is 0.719. The number of nitrogens with zero attached hydrogens (tertiary/aromatic N) is 1. The van der Waals surface area contributed by atoms with Crippen molar-refractivity contribution in [3.8, 4) is 5.75 Å². The van der Waals surface area contributed by atoms with Crippen LogP contribution in [-0.4, -0.2) is 43.1 Å². The zero-order valence-electron chi connectivity index (χ0n) is 13.6. The normalized spacial score (nSPS) is 14.0. The van der Waals surface area contributed by atoms with Gasteiger partial charge in [0.1, 0.15) is 5.75 Å². The summed E-state index contributed by atoms with van der Waals surface area (Å²) < 4.78 is 5.37. The van der Waals surface area contributed by atoms with E-state index < -0.39 is 0 Å². The van der Waals surface area contributed by atoms with Gasteiger partial charge in [-0.15, -0.1) is 0 Å². The highest BCUT2D eigenvalue weighted by Crippen LogP contribution is 2.12. The van der Waals surface area contributed by atoms with Crippen LogP contribution in [0.5, 0.6) is 5.75 Å². The van der Waals surface area contributed by atoms with Crippen LogP contribution in [-0.2, 0) is 11.3 Å². The van der Waals surface area contributed by atoms with E-state index in [2.05, 4.69) is 10.6 Å². The van der Waals surface area contributed by atoms with Crippen molar-refractivity contribution in [1.29, 1.82) is 0 Å². The van der Waals surface area contributed by atoms with Gasteiger partial charge in [0.05, 0.1) is 6.61 Å². The number of urea groups is 1. The van der Waals surface area contributed by atoms with Crippen LogP contribution in [0.1, 0.15) is 31.7 Å². The Hall–Kier alpha value is -2.24. The van der Waals surface area contributed by atoms with Crippen LogP contribution in [0.15, 0.2) is 24.3 Å². The third-order valence-electron chi connectivity index (χ3n) is 3.75. The van der Waals surface area contributed by atoms with Crippen molar-refractivity contribution < 1.29 is 14.3 Å².